The number of nitrogens with zero attached hydrogens (tertiary/aromatic N) is 7. The number of aryl methyl sites for hydroxylation is 2. The van der Waals surface area contributed by atoms with Crippen LogP contribution in [-0.4, -0.2) is 60.2 Å². The van der Waals surface area contributed by atoms with E-state index in [1.54, 1.807) is 40.8 Å². The molecule has 11 nitrogen and oxygen atoms in total. The zero-order valence-corrected chi connectivity index (χ0v) is 22.6. The predicted molar refractivity (Wildman–Crippen MR) is 147 cm³/mol. The van der Waals surface area contributed by atoms with Crippen LogP contribution in [-0.2, 0) is 11.8 Å². The van der Waals surface area contributed by atoms with Crippen LogP contribution in [0.15, 0.2) is 37.1 Å². The summed E-state index contributed by atoms with van der Waals surface area (Å²) in [5, 5.41) is 24.1. The number of thiazole rings is 1. The van der Waals surface area contributed by atoms with E-state index in [-0.39, 0.29) is 23.8 Å². The van der Waals surface area contributed by atoms with Crippen molar-refractivity contribution in [2.24, 2.45) is 18.9 Å². The van der Waals surface area contributed by atoms with Crippen LogP contribution in [0.3, 0.4) is 0 Å². The van der Waals surface area contributed by atoms with Gasteiger partial charge in [0.2, 0.25) is 5.91 Å². The number of fused-ring (bicyclic) bond motifs is 1. The molecule has 0 spiro atoms. The molecule has 5 heterocycles. The third-order valence-electron chi connectivity index (χ3n) is 7.69. The average Bonchev–Trinajstić information content (AvgIpc) is 3.67. The van der Waals surface area contributed by atoms with Crippen molar-refractivity contribution in [2.75, 3.05) is 23.7 Å². The van der Waals surface area contributed by atoms with Gasteiger partial charge in [0.1, 0.15) is 10.9 Å². The number of hydrogen-bond donors (Lipinski definition) is 2. The summed E-state index contributed by atoms with van der Waals surface area (Å²) in [6, 6.07) is 4.08. The van der Waals surface area contributed by atoms with E-state index in [2.05, 4.69) is 36.8 Å². The monoisotopic (exact) mass is 543 g/mol. The molecule has 39 heavy (non-hydrogen) atoms. The van der Waals surface area contributed by atoms with Crippen LogP contribution in [0.2, 0.25) is 0 Å². The minimum absolute atomic E-state index is 0.0986. The van der Waals surface area contributed by atoms with Gasteiger partial charge in [0, 0.05) is 38.1 Å². The third-order valence-corrected chi connectivity index (χ3v) is 8.85. The molecule has 2 N–H and O–H groups in total. The minimum atomic E-state index is -0.304. The van der Waals surface area contributed by atoms with E-state index in [1.165, 1.54) is 24.2 Å². The molecule has 0 bridgehead atoms. The van der Waals surface area contributed by atoms with Gasteiger partial charge in [0.25, 0.3) is 5.91 Å². The highest BCUT2D eigenvalue weighted by atomic mass is 32.1. The van der Waals surface area contributed by atoms with E-state index in [9.17, 15) is 14.9 Å². The molecule has 6 rings (SSSR count). The molecule has 4 aromatic heterocycles. The van der Waals surface area contributed by atoms with Crippen molar-refractivity contribution in [1.82, 2.24) is 29.3 Å². The lowest BCUT2D eigenvalue weighted by molar-refractivity contribution is -0.125. The van der Waals surface area contributed by atoms with Gasteiger partial charge in [-0.2, -0.15) is 15.5 Å². The molecule has 4 aromatic rings. The molecule has 1 unspecified atom stereocenters. The molecule has 1 aliphatic heterocycles. The van der Waals surface area contributed by atoms with Gasteiger partial charge >= 0.3 is 0 Å². The van der Waals surface area contributed by atoms with Crippen LogP contribution in [0.5, 0.6) is 0 Å². The Balaban J connectivity index is 1.11. The number of nitriles is 1. The SMILES string of the molecule is Cc1ncc(NC(=O)C2CN(C(C#N)C3CCCC3)C2)cc1NC(=O)c1cnn2cc(-c3cnn(C)c3)sc12. The Bertz CT molecular complexity index is 1580. The van der Waals surface area contributed by atoms with Crippen molar-refractivity contribution in [3.63, 3.8) is 0 Å². The Morgan fingerprint density at radius 1 is 1.13 bits per heavy atom. The van der Waals surface area contributed by atoms with Gasteiger partial charge in [0.15, 0.2) is 0 Å². The van der Waals surface area contributed by atoms with Crippen LogP contribution in [0.1, 0.15) is 41.7 Å². The molecule has 0 aromatic carbocycles. The zero-order chi connectivity index (χ0) is 27.1. The first-order valence-electron chi connectivity index (χ1n) is 13.1. The molecular weight excluding hydrogens is 514 g/mol. The minimum Gasteiger partial charge on any atom is -0.324 e. The maximum absolute atomic E-state index is 13.2. The summed E-state index contributed by atoms with van der Waals surface area (Å²) >= 11 is 1.46. The quantitative estimate of drug-likeness (QED) is 0.363. The standard InChI is InChI=1S/C27H29N9O2S/c1-16-22(33-26(38)21-11-31-36-15-24(39-27(21)36)18-9-30-34(2)12-18)7-20(10-29-16)32-25(37)19-13-35(14-19)23(8-28)17-5-3-4-6-17/h7,9-12,15,17,19,23H,3-6,13-14H2,1-2H3,(H,32,37)(H,33,38). The Hall–Kier alpha value is -4.08. The number of hydrogen-bond acceptors (Lipinski definition) is 8. The number of pyridine rings is 1. The van der Waals surface area contributed by atoms with Crippen molar-refractivity contribution in [3.8, 4) is 16.5 Å². The van der Waals surface area contributed by atoms with Gasteiger partial charge < -0.3 is 10.6 Å². The van der Waals surface area contributed by atoms with Crippen molar-refractivity contribution in [3.05, 3.63) is 48.3 Å². The summed E-state index contributed by atoms with van der Waals surface area (Å²) in [7, 11) is 1.86. The molecule has 1 saturated heterocycles. The first-order chi connectivity index (χ1) is 18.9. The molecule has 2 fully saturated rings. The average molecular weight is 544 g/mol. The summed E-state index contributed by atoms with van der Waals surface area (Å²) in [4.78, 5) is 34.3. The van der Waals surface area contributed by atoms with Gasteiger partial charge in [-0.15, -0.1) is 11.3 Å². The number of carbonyl (C=O) groups is 2. The van der Waals surface area contributed by atoms with Gasteiger partial charge in [0.05, 0.1) is 58.1 Å². The highest BCUT2D eigenvalue weighted by Gasteiger charge is 2.40. The lowest BCUT2D eigenvalue weighted by atomic mass is 9.90. The number of amides is 2. The van der Waals surface area contributed by atoms with Gasteiger partial charge in [-0.25, -0.2) is 4.52 Å². The topological polar surface area (TPSA) is 133 Å². The molecule has 12 heteroatoms. The number of carbonyl (C=O) groups excluding carboxylic acids is 2. The smallest absolute Gasteiger partial charge is 0.260 e. The third kappa shape index (κ3) is 4.91. The van der Waals surface area contributed by atoms with E-state index >= 15 is 0 Å². The summed E-state index contributed by atoms with van der Waals surface area (Å²) < 4.78 is 3.42. The molecular formula is C27H29N9O2S. The second kappa shape index (κ2) is 10.2. The van der Waals surface area contributed by atoms with Crippen LogP contribution in [0.4, 0.5) is 11.4 Å². The molecule has 1 atom stereocenters. The number of nitrogens with one attached hydrogen (secondary N) is 2. The van der Waals surface area contributed by atoms with Gasteiger partial charge in [-0.3, -0.25) is 24.2 Å². The van der Waals surface area contributed by atoms with Crippen LogP contribution >= 0.6 is 11.3 Å². The Labute approximate surface area is 229 Å². The second-order valence-corrected chi connectivity index (χ2v) is 11.4. The lowest BCUT2D eigenvalue weighted by Crippen LogP contribution is -2.57. The normalized spacial score (nSPS) is 17.2. The van der Waals surface area contributed by atoms with Crippen molar-refractivity contribution < 1.29 is 9.59 Å². The van der Waals surface area contributed by atoms with Crippen LogP contribution in [0, 0.1) is 30.1 Å². The summed E-state index contributed by atoms with van der Waals surface area (Å²) in [5.74, 6) is -0.158. The Kier molecular flexibility index (Phi) is 6.62. The fourth-order valence-electron chi connectivity index (χ4n) is 5.45. The summed E-state index contributed by atoms with van der Waals surface area (Å²) in [5.41, 5.74) is 3.08. The van der Waals surface area contributed by atoms with Crippen molar-refractivity contribution in [2.45, 2.75) is 38.6 Å². The van der Waals surface area contributed by atoms with Crippen LogP contribution in [0.25, 0.3) is 15.3 Å². The largest absolute Gasteiger partial charge is 0.324 e. The fourth-order valence-corrected chi connectivity index (χ4v) is 6.48. The highest BCUT2D eigenvalue weighted by molar-refractivity contribution is 7.21. The van der Waals surface area contributed by atoms with E-state index in [4.69, 9.17) is 0 Å². The van der Waals surface area contributed by atoms with E-state index in [1.807, 2.05) is 19.4 Å². The molecule has 1 aliphatic carbocycles. The summed E-state index contributed by atoms with van der Waals surface area (Å²) in [6.45, 7) is 2.97. The first kappa shape index (κ1) is 25.2. The molecule has 1 saturated carbocycles. The molecule has 2 aliphatic rings. The second-order valence-electron chi connectivity index (χ2n) is 10.4. The molecule has 2 amide bonds. The van der Waals surface area contributed by atoms with Crippen molar-refractivity contribution >= 4 is 39.4 Å². The first-order valence-corrected chi connectivity index (χ1v) is 13.9. The number of aromatic nitrogens is 5. The molecule has 0 radical (unpaired) electrons. The fraction of sp³-hybridized carbons (Fsp3) is 0.407. The number of rotatable bonds is 7. The Morgan fingerprint density at radius 3 is 2.64 bits per heavy atom. The maximum Gasteiger partial charge on any atom is 0.260 e. The van der Waals surface area contributed by atoms with Crippen molar-refractivity contribution in [1.29, 1.82) is 5.26 Å². The number of likely N-dealkylation sites (tertiary alicyclic amines) is 1. The zero-order valence-electron chi connectivity index (χ0n) is 21.8. The van der Waals surface area contributed by atoms with Gasteiger partial charge in [-0.05, 0) is 31.7 Å². The predicted octanol–water partition coefficient (Wildman–Crippen LogP) is 3.70. The maximum atomic E-state index is 13.2. The Morgan fingerprint density at radius 2 is 1.92 bits per heavy atom. The molecule has 200 valence electrons. The van der Waals surface area contributed by atoms with Gasteiger partial charge in [-0.1, -0.05) is 12.8 Å². The highest BCUT2D eigenvalue weighted by Crippen LogP contribution is 2.34. The van der Waals surface area contributed by atoms with E-state index < -0.39 is 0 Å². The van der Waals surface area contributed by atoms with E-state index in [0.29, 0.717) is 41.6 Å². The summed E-state index contributed by atoms with van der Waals surface area (Å²) in [6.07, 6.45) is 13.3. The number of anilines is 2. The van der Waals surface area contributed by atoms with Crippen LogP contribution < -0.4 is 10.6 Å². The lowest BCUT2D eigenvalue weighted by Gasteiger charge is -2.42. The van der Waals surface area contributed by atoms with E-state index in [0.717, 1.165) is 28.1 Å².